The van der Waals surface area contributed by atoms with Gasteiger partial charge in [-0.3, -0.25) is 14.4 Å². The fourth-order valence-electron chi connectivity index (χ4n) is 3.45. The Hall–Kier alpha value is -3.34. The summed E-state index contributed by atoms with van der Waals surface area (Å²) in [6, 6.07) is 9.41. The van der Waals surface area contributed by atoms with E-state index in [1.54, 1.807) is 44.7 Å². The van der Waals surface area contributed by atoms with Gasteiger partial charge in [-0.2, -0.15) is 5.26 Å². The summed E-state index contributed by atoms with van der Waals surface area (Å²) >= 11 is 0. The van der Waals surface area contributed by atoms with Crippen LogP contribution in [0, 0.1) is 11.3 Å². The maximum atomic E-state index is 12.8. The van der Waals surface area contributed by atoms with Gasteiger partial charge in [0.1, 0.15) is 24.0 Å². The molecule has 1 heterocycles. The number of hydrogen-bond acceptors (Lipinski definition) is 7. The number of nitriles is 1. The molecule has 1 amide bonds. The van der Waals surface area contributed by atoms with E-state index >= 15 is 0 Å². The Kier molecular flexibility index (Phi) is 7.59. The number of carbonyl (C=O) groups excluding carboxylic acids is 3. The van der Waals surface area contributed by atoms with Crippen LogP contribution in [0.1, 0.15) is 33.6 Å². The summed E-state index contributed by atoms with van der Waals surface area (Å²) in [6.45, 7) is 5.36. The molecule has 0 atom stereocenters. The number of esters is 1. The van der Waals surface area contributed by atoms with E-state index in [-0.39, 0.29) is 43.5 Å². The lowest BCUT2D eigenvalue weighted by Crippen LogP contribution is -2.41. The Bertz CT molecular complexity index is 870. The molecule has 1 aliphatic rings. The Labute approximate surface area is 177 Å². The minimum atomic E-state index is -0.488. The molecule has 0 aliphatic carbocycles. The number of anilines is 2. The Balaban J connectivity index is 2.14. The van der Waals surface area contributed by atoms with Gasteiger partial charge in [0, 0.05) is 33.0 Å². The molecule has 0 fully saturated rings. The molecule has 0 saturated heterocycles. The van der Waals surface area contributed by atoms with Crippen LogP contribution in [0.4, 0.5) is 11.4 Å². The van der Waals surface area contributed by atoms with Gasteiger partial charge in [0.05, 0.1) is 18.0 Å². The summed E-state index contributed by atoms with van der Waals surface area (Å²) in [4.78, 5) is 42.2. The molecule has 0 aromatic heterocycles. The molecule has 0 spiro atoms. The Morgan fingerprint density at radius 1 is 1.10 bits per heavy atom. The maximum absolute atomic E-state index is 12.8. The molecule has 1 aromatic rings. The molecule has 160 valence electrons. The van der Waals surface area contributed by atoms with Crippen molar-refractivity contribution in [3.8, 4) is 6.07 Å². The Morgan fingerprint density at radius 3 is 2.13 bits per heavy atom. The van der Waals surface area contributed by atoms with Gasteiger partial charge < -0.3 is 19.4 Å². The first-order valence-corrected chi connectivity index (χ1v) is 9.92. The molecule has 0 radical (unpaired) electrons. The molecule has 0 N–H and O–H groups in total. The van der Waals surface area contributed by atoms with Crippen LogP contribution < -0.4 is 9.80 Å². The third-order valence-electron chi connectivity index (χ3n) is 4.97. The van der Waals surface area contributed by atoms with E-state index in [9.17, 15) is 19.6 Å². The molecule has 0 bridgehead atoms. The number of allylic oxidation sites excluding steroid dienone is 1. The van der Waals surface area contributed by atoms with E-state index in [0.717, 1.165) is 11.4 Å². The average Bonchev–Trinajstić information content (AvgIpc) is 2.96. The monoisotopic (exact) mass is 412 g/mol. The van der Waals surface area contributed by atoms with Crippen molar-refractivity contribution in [1.82, 2.24) is 4.90 Å². The highest BCUT2D eigenvalue weighted by molar-refractivity contribution is 6.03. The van der Waals surface area contributed by atoms with Gasteiger partial charge in [-0.05, 0) is 32.9 Å². The minimum absolute atomic E-state index is 0.00508. The van der Waals surface area contributed by atoms with Crippen molar-refractivity contribution in [2.75, 3.05) is 37.0 Å². The summed E-state index contributed by atoms with van der Waals surface area (Å²) < 4.78 is 4.91. The number of carbonyl (C=O) groups is 3. The highest BCUT2D eigenvalue weighted by Gasteiger charge is 2.31. The number of ether oxygens (including phenoxy) is 1. The maximum Gasteiger partial charge on any atom is 0.325 e. The van der Waals surface area contributed by atoms with Crippen LogP contribution in [0.5, 0.6) is 0 Å². The molecule has 8 heteroatoms. The zero-order chi connectivity index (χ0) is 22.4. The van der Waals surface area contributed by atoms with Crippen molar-refractivity contribution in [2.24, 2.45) is 0 Å². The predicted octanol–water partition coefficient (Wildman–Crippen LogP) is 2.46. The lowest BCUT2D eigenvalue weighted by molar-refractivity contribution is -0.150. The first-order chi connectivity index (χ1) is 14.2. The van der Waals surface area contributed by atoms with Crippen molar-refractivity contribution in [3.05, 3.63) is 35.7 Å². The standard InChI is InChI=1S/C22H28N4O4/c1-6-30-21(29)14-26(15(2)3)20(28)12-11-19(27)16(13-23)22-24(4)17-9-7-8-10-18(17)25(22)5/h7-10,15H,6,11-12,14H2,1-5H3. The highest BCUT2D eigenvalue weighted by Crippen LogP contribution is 2.40. The molecule has 1 aromatic carbocycles. The SMILES string of the molecule is CCOC(=O)CN(C(=O)CCC(=O)C(C#N)=C1N(C)c2ccccc2N1C)C(C)C. The third kappa shape index (κ3) is 4.79. The number of para-hydroxylation sites is 2. The zero-order valence-electron chi connectivity index (χ0n) is 18.1. The van der Waals surface area contributed by atoms with Crippen LogP contribution >= 0.6 is 0 Å². The largest absolute Gasteiger partial charge is 0.465 e. The fourth-order valence-corrected chi connectivity index (χ4v) is 3.45. The van der Waals surface area contributed by atoms with Gasteiger partial charge in [0.2, 0.25) is 5.91 Å². The van der Waals surface area contributed by atoms with Crippen LogP contribution in [-0.2, 0) is 19.1 Å². The number of ketones is 1. The van der Waals surface area contributed by atoms with E-state index in [1.807, 2.05) is 30.3 Å². The number of rotatable bonds is 8. The van der Waals surface area contributed by atoms with Crippen molar-refractivity contribution < 1.29 is 19.1 Å². The zero-order valence-corrected chi connectivity index (χ0v) is 18.1. The van der Waals surface area contributed by atoms with Crippen molar-refractivity contribution in [2.45, 2.75) is 39.7 Å². The van der Waals surface area contributed by atoms with Crippen molar-refractivity contribution in [1.29, 1.82) is 5.26 Å². The smallest absolute Gasteiger partial charge is 0.325 e. The van der Waals surface area contributed by atoms with Gasteiger partial charge in [-0.25, -0.2) is 0 Å². The van der Waals surface area contributed by atoms with Crippen LogP contribution in [0.3, 0.4) is 0 Å². The van der Waals surface area contributed by atoms with Gasteiger partial charge >= 0.3 is 5.97 Å². The van der Waals surface area contributed by atoms with E-state index in [4.69, 9.17) is 4.74 Å². The number of Topliss-reactive ketones (excluding diaryl/α,β-unsaturated/α-hetero) is 1. The minimum Gasteiger partial charge on any atom is -0.465 e. The normalized spacial score (nSPS) is 12.5. The van der Waals surface area contributed by atoms with Crippen molar-refractivity contribution in [3.63, 3.8) is 0 Å². The molecular formula is C22H28N4O4. The molecule has 2 rings (SSSR count). The first-order valence-electron chi connectivity index (χ1n) is 9.92. The van der Waals surface area contributed by atoms with Crippen LogP contribution in [0.2, 0.25) is 0 Å². The number of fused-ring (bicyclic) bond motifs is 1. The van der Waals surface area contributed by atoms with Crippen LogP contribution in [0.15, 0.2) is 35.7 Å². The predicted molar refractivity (Wildman–Crippen MR) is 114 cm³/mol. The molecule has 30 heavy (non-hydrogen) atoms. The number of benzene rings is 1. The Morgan fingerprint density at radius 2 is 1.67 bits per heavy atom. The lowest BCUT2D eigenvalue weighted by atomic mass is 10.1. The van der Waals surface area contributed by atoms with Crippen LogP contribution in [-0.4, -0.2) is 55.8 Å². The van der Waals surface area contributed by atoms with Gasteiger partial charge in [-0.1, -0.05) is 12.1 Å². The van der Waals surface area contributed by atoms with E-state index in [1.165, 1.54) is 4.90 Å². The molecule has 0 saturated carbocycles. The lowest BCUT2D eigenvalue weighted by Gasteiger charge is -2.25. The summed E-state index contributed by atoms with van der Waals surface area (Å²) in [7, 11) is 3.60. The second-order valence-electron chi connectivity index (χ2n) is 7.26. The van der Waals surface area contributed by atoms with Gasteiger partial charge in [0.15, 0.2) is 5.78 Å². The van der Waals surface area contributed by atoms with E-state index in [2.05, 4.69) is 0 Å². The number of amides is 1. The third-order valence-corrected chi connectivity index (χ3v) is 4.97. The van der Waals surface area contributed by atoms with E-state index < -0.39 is 11.8 Å². The molecule has 1 aliphatic heterocycles. The summed E-state index contributed by atoms with van der Waals surface area (Å²) in [5, 5.41) is 9.67. The topological polar surface area (TPSA) is 93.9 Å². The van der Waals surface area contributed by atoms with Gasteiger partial charge in [0.25, 0.3) is 0 Å². The van der Waals surface area contributed by atoms with Gasteiger partial charge in [-0.15, -0.1) is 0 Å². The average molecular weight is 412 g/mol. The molecular weight excluding hydrogens is 384 g/mol. The highest BCUT2D eigenvalue weighted by atomic mass is 16.5. The first kappa shape index (κ1) is 22.9. The summed E-state index contributed by atoms with van der Waals surface area (Å²) in [5.74, 6) is -0.738. The fraction of sp³-hybridized carbons (Fsp3) is 0.455. The number of nitrogens with zero attached hydrogens (tertiary/aromatic N) is 4. The second-order valence-corrected chi connectivity index (χ2v) is 7.26. The number of hydrogen-bond donors (Lipinski definition) is 0. The van der Waals surface area contributed by atoms with E-state index in [0.29, 0.717) is 5.82 Å². The van der Waals surface area contributed by atoms with Crippen LogP contribution in [0.25, 0.3) is 0 Å². The quantitative estimate of drug-likeness (QED) is 0.368. The second kappa shape index (κ2) is 9.92. The van der Waals surface area contributed by atoms with Crippen molar-refractivity contribution >= 4 is 29.0 Å². The molecule has 8 nitrogen and oxygen atoms in total. The summed E-state index contributed by atoms with van der Waals surface area (Å²) in [6.07, 6.45) is -0.204. The summed E-state index contributed by atoms with van der Waals surface area (Å²) in [5.41, 5.74) is 1.80. The molecule has 0 unspecified atom stereocenters.